The quantitative estimate of drug-likeness (QED) is 0.423. The Morgan fingerprint density at radius 3 is 1.86 bits per heavy atom. The SMILES string of the molecule is CC(C)(C)OC(=O)COCC1CCCC(O)C1.CC(C)(C)S(C)(c1ccccc1)c1ccccc1. The van der Waals surface area contributed by atoms with Crippen molar-refractivity contribution in [2.75, 3.05) is 19.5 Å². The highest BCUT2D eigenvalue weighted by molar-refractivity contribution is 8.34. The number of aliphatic hydroxyl groups excluding tert-OH is 1. The van der Waals surface area contributed by atoms with Crippen LogP contribution in [0.15, 0.2) is 70.5 Å². The highest BCUT2D eigenvalue weighted by Crippen LogP contribution is 2.67. The first kappa shape index (κ1) is 29.4. The van der Waals surface area contributed by atoms with Crippen LogP contribution in [0.1, 0.15) is 67.2 Å². The minimum atomic E-state index is -1.01. The smallest absolute Gasteiger partial charge is 0.332 e. The lowest BCUT2D eigenvalue weighted by Gasteiger charge is -2.48. The largest absolute Gasteiger partial charge is 0.458 e. The molecule has 0 radical (unpaired) electrons. The first-order chi connectivity index (χ1) is 16.3. The van der Waals surface area contributed by atoms with Crippen LogP contribution in [0.4, 0.5) is 0 Å². The molecule has 0 aromatic heterocycles. The van der Waals surface area contributed by atoms with Gasteiger partial charge in [0, 0.05) is 0 Å². The summed E-state index contributed by atoms with van der Waals surface area (Å²) < 4.78 is 10.7. The third-order valence-electron chi connectivity index (χ3n) is 6.40. The molecule has 2 aromatic rings. The molecule has 35 heavy (non-hydrogen) atoms. The molecule has 2 aromatic carbocycles. The molecule has 1 N–H and O–H groups in total. The second-order valence-electron chi connectivity index (χ2n) is 11.4. The molecule has 0 spiro atoms. The summed E-state index contributed by atoms with van der Waals surface area (Å²) in [7, 11) is -1.01. The number of rotatable bonds is 6. The van der Waals surface area contributed by atoms with Crippen molar-refractivity contribution in [1.82, 2.24) is 0 Å². The fourth-order valence-corrected chi connectivity index (χ4v) is 7.41. The van der Waals surface area contributed by atoms with Gasteiger partial charge in [-0.25, -0.2) is 4.79 Å². The fourth-order valence-electron chi connectivity index (χ4n) is 4.32. The van der Waals surface area contributed by atoms with E-state index in [1.807, 2.05) is 20.8 Å². The van der Waals surface area contributed by atoms with Gasteiger partial charge in [-0.15, -0.1) is 0 Å². The van der Waals surface area contributed by atoms with Gasteiger partial charge in [0.2, 0.25) is 0 Å². The summed E-state index contributed by atoms with van der Waals surface area (Å²) >= 11 is 0. The van der Waals surface area contributed by atoms with E-state index in [1.54, 1.807) is 0 Å². The Morgan fingerprint density at radius 1 is 0.914 bits per heavy atom. The molecule has 0 bridgehead atoms. The van der Waals surface area contributed by atoms with Crippen LogP contribution in [0.2, 0.25) is 0 Å². The van der Waals surface area contributed by atoms with Gasteiger partial charge in [-0.3, -0.25) is 0 Å². The molecular formula is C30H46O4S. The maximum Gasteiger partial charge on any atom is 0.332 e. The number of hydrogen-bond donors (Lipinski definition) is 1. The predicted octanol–water partition coefficient (Wildman–Crippen LogP) is 7.23. The van der Waals surface area contributed by atoms with Crippen molar-refractivity contribution in [3.8, 4) is 0 Å². The lowest BCUT2D eigenvalue weighted by molar-refractivity contribution is -0.160. The average Bonchev–Trinajstić information content (AvgIpc) is 2.78. The third kappa shape index (κ3) is 9.29. The Morgan fingerprint density at radius 2 is 1.43 bits per heavy atom. The van der Waals surface area contributed by atoms with E-state index >= 15 is 0 Å². The zero-order valence-electron chi connectivity index (χ0n) is 22.8. The van der Waals surface area contributed by atoms with Gasteiger partial charge >= 0.3 is 5.97 Å². The molecule has 1 fully saturated rings. The molecule has 1 aliphatic rings. The number of hydrogen-bond acceptors (Lipinski definition) is 4. The van der Waals surface area contributed by atoms with Crippen LogP contribution >= 0.6 is 10.0 Å². The monoisotopic (exact) mass is 502 g/mol. The molecular weight excluding hydrogens is 456 g/mol. The summed E-state index contributed by atoms with van der Waals surface area (Å²) in [5.41, 5.74) is -0.457. The van der Waals surface area contributed by atoms with Crippen molar-refractivity contribution >= 4 is 16.0 Å². The van der Waals surface area contributed by atoms with Gasteiger partial charge in [0.15, 0.2) is 0 Å². The average molecular weight is 503 g/mol. The topological polar surface area (TPSA) is 55.8 Å². The van der Waals surface area contributed by atoms with Gasteiger partial charge in [0.25, 0.3) is 0 Å². The Hall–Kier alpha value is -1.82. The van der Waals surface area contributed by atoms with Crippen LogP contribution in [0.3, 0.4) is 0 Å². The number of aliphatic hydroxyl groups is 1. The van der Waals surface area contributed by atoms with Gasteiger partial charge in [-0.05, 0) is 91.0 Å². The van der Waals surface area contributed by atoms with E-state index in [4.69, 9.17) is 9.47 Å². The van der Waals surface area contributed by atoms with Crippen LogP contribution in [-0.2, 0) is 14.3 Å². The van der Waals surface area contributed by atoms with Gasteiger partial charge in [-0.2, -0.15) is 10.0 Å². The summed E-state index contributed by atoms with van der Waals surface area (Å²) in [6, 6.07) is 21.9. The number of benzene rings is 2. The zero-order valence-corrected chi connectivity index (χ0v) is 23.6. The highest BCUT2D eigenvalue weighted by atomic mass is 32.3. The number of esters is 1. The normalized spacial score (nSPS) is 19.3. The number of ether oxygens (including phenoxy) is 2. The Kier molecular flexibility index (Phi) is 10.9. The highest BCUT2D eigenvalue weighted by Gasteiger charge is 2.35. The first-order valence-corrected chi connectivity index (χ1v) is 14.7. The van der Waals surface area contributed by atoms with Crippen molar-refractivity contribution < 1.29 is 19.4 Å². The molecule has 196 valence electrons. The van der Waals surface area contributed by atoms with Crippen molar-refractivity contribution in [2.45, 2.75) is 93.5 Å². The molecule has 5 heteroatoms. The van der Waals surface area contributed by atoms with Gasteiger partial charge in [0.1, 0.15) is 12.2 Å². The minimum absolute atomic E-state index is 0.00383. The second-order valence-corrected chi connectivity index (χ2v) is 15.4. The van der Waals surface area contributed by atoms with Gasteiger partial charge < -0.3 is 14.6 Å². The zero-order chi connectivity index (χ0) is 26.1. The molecule has 2 unspecified atom stereocenters. The molecule has 1 aliphatic carbocycles. The van der Waals surface area contributed by atoms with E-state index in [0.717, 1.165) is 25.7 Å². The Bertz CT molecular complexity index is 845. The minimum Gasteiger partial charge on any atom is -0.458 e. The predicted molar refractivity (Wildman–Crippen MR) is 147 cm³/mol. The summed E-state index contributed by atoms with van der Waals surface area (Å²) in [5.74, 6) is 0.0510. The van der Waals surface area contributed by atoms with Crippen LogP contribution in [0.5, 0.6) is 0 Å². The molecule has 0 heterocycles. The summed E-state index contributed by atoms with van der Waals surface area (Å²) in [6.07, 6.45) is 6.03. The van der Waals surface area contributed by atoms with Crippen molar-refractivity contribution in [1.29, 1.82) is 0 Å². The number of carbonyl (C=O) groups excluding carboxylic acids is 1. The van der Waals surface area contributed by atoms with Gasteiger partial charge in [-0.1, -0.05) is 63.6 Å². The molecule has 3 rings (SSSR count). The van der Waals surface area contributed by atoms with E-state index in [0.29, 0.717) is 12.5 Å². The standard InChI is InChI=1S/C17H22S.C13H24O4/c1-17(2,3)18(4,15-11-7-5-8-12-15)16-13-9-6-10-14-16;1-13(2,3)17-12(15)9-16-8-10-5-4-6-11(14)7-10/h5-14H,1-4H3;10-11,14H,4-9H2,1-3H3. The number of carbonyl (C=O) groups is 1. The van der Waals surface area contributed by atoms with Gasteiger partial charge in [0.05, 0.1) is 12.7 Å². The maximum atomic E-state index is 11.4. The molecule has 1 saturated carbocycles. The lowest BCUT2D eigenvalue weighted by Crippen LogP contribution is -2.28. The molecule has 4 nitrogen and oxygen atoms in total. The fraction of sp³-hybridized carbons (Fsp3) is 0.567. The van der Waals surface area contributed by atoms with Crippen molar-refractivity contribution in [3.63, 3.8) is 0 Å². The Labute approximate surface area is 214 Å². The summed E-state index contributed by atoms with van der Waals surface area (Å²) in [4.78, 5) is 14.3. The molecule has 0 amide bonds. The first-order valence-electron chi connectivity index (χ1n) is 12.7. The van der Waals surface area contributed by atoms with Crippen LogP contribution in [0, 0.1) is 5.92 Å². The molecule has 0 aliphatic heterocycles. The molecule has 0 saturated heterocycles. The van der Waals surface area contributed by atoms with E-state index in [2.05, 4.69) is 87.7 Å². The van der Waals surface area contributed by atoms with E-state index in [-0.39, 0.29) is 23.4 Å². The van der Waals surface area contributed by atoms with Crippen LogP contribution in [-0.4, -0.2) is 47.0 Å². The lowest BCUT2D eigenvalue weighted by atomic mass is 9.88. The van der Waals surface area contributed by atoms with E-state index < -0.39 is 15.6 Å². The van der Waals surface area contributed by atoms with Crippen molar-refractivity contribution in [2.24, 2.45) is 5.92 Å². The second kappa shape index (κ2) is 12.9. The van der Waals surface area contributed by atoms with Crippen LogP contribution in [0.25, 0.3) is 0 Å². The van der Waals surface area contributed by atoms with Crippen molar-refractivity contribution in [3.05, 3.63) is 60.7 Å². The van der Waals surface area contributed by atoms with Crippen LogP contribution < -0.4 is 0 Å². The van der Waals surface area contributed by atoms with E-state index in [9.17, 15) is 9.90 Å². The maximum absolute atomic E-state index is 11.4. The summed E-state index contributed by atoms with van der Waals surface area (Å²) in [5, 5.41) is 9.49. The third-order valence-corrected chi connectivity index (χ3v) is 11.3. The van der Waals surface area contributed by atoms with E-state index in [1.165, 1.54) is 9.79 Å². The summed E-state index contributed by atoms with van der Waals surface area (Å²) in [6.45, 7) is 13.1. The Balaban J connectivity index is 0.000000247. The molecule has 2 atom stereocenters.